The summed E-state index contributed by atoms with van der Waals surface area (Å²) in [5.41, 5.74) is 0.546. The number of likely N-dealkylation sites (tertiary alicyclic amines) is 1. The summed E-state index contributed by atoms with van der Waals surface area (Å²) in [6.07, 6.45) is -8.71. The maximum Gasteiger partial charge on any atom is 0.425 e. The van der Waals surface area contributed by atoms with Gasteiger partial charge in [-0.1, -0.05) is 6.07 Å². The fourth-order valence-corrected chi connectivity index (χ4v) is 4.48. The smallest absolute Gasteiger partial charge is 0.425 e. The molecule has 0 radical (unpaired) electrons. The number of nitrogens with zero attached hydrogens (tertiary/aromatic N) is 1. The Morgan fingerprint density at radius 1 is 1.15 bits per heavy atom. The van der Waals surface area contributed by atoms with Gasteiger partial charge in [0.15, 0.2) is 6.10 Å². The molecule has 2 aliphatic heterocycles. The summed E-state index contributed by atoms with van der Waals surface area (Å²) in [5, 5.41) is 9.28. The van der Waals surface area contributed by atoms with Crippen LogP contribution in [0.5, 0.6) is 17.2 Å². The van der Waals surface area contributed by atoms with Gasteiger partial charge >= 0.3 is 18.3 Å². The number of aliphatic carboxylic acids is 1. The lowest BCUT2D eigenvalue weighted by atomic mass is 9.97. The first kappa shape index (κ1) is 28.6. The number of hydrogen-bond acceptors (Lipinski definition) is 5. The highest BCUT2D eigenvalue weighted by molar-refractivity contribution is 5.70. The highest BCUT2D eigenvalue weighted by atomic mass is 19.4. The standard InChI is InChI=1S/C27H27F6NO5/c1-16(26(28,29)30)39-23-7-4-17(10-22(23)27(31,32)33)14-37-21-6-5-19-9-18(15-38-24(19)11-21)12-34-8-2-3-20(13-34)25(35)36/h4-7,9-11,16,20H,2-3,8,12-15H2,1H3,(H,35,36)/t16-,20+/m0/s1. The molecule has 4 rings (SSSR count). The molecular formula is C27H27F6NO5. The lowest BCUT2D eigenvalue weighted by molar-refractivity contribution is -0.191. The van der Waals surface area contributed by atoms with E-state index in [1.165, 1.54) is 6.07 Å². The molecular weight excluding hydrogens is 532 g/mol. The molecule has 0 bridgehead atoms. The monoisotopic (exact) mass is 559 g/mol. The largest absolute Gasteiger partial charge is 0.489 e. The van der Waals surface area contributed by atoms with E-state index in [4.69, 9.17) is 9.47 Å². The van der Waals surface area contributed by atoms with E-state index < -0.39 is 35.7 Å². The van der Waals surface area contributed by atoms with Crippen molar-refractivity contribution in [3.05, 3.63) is 58.7 Å². The fourth-order valence-electron chi connectivity index (χ4n) is 4.48. The van der Waals surface area contributed by atoms with Crippen LogP contribution in [0.4, 0.5) is 26.3 Å². The minimum atomic E-state index is -4.93. The van der Waals surface area contributed by atoms with Crippen LogP contribution in [0.1, 0.15) is 36.5 Å². The average molecular weight is 560 g/mol. The first-order chi connectivity index (χ1) is 18.3. The van der Waals surface area contributed by atoms with Crippen LogP contribution in [0, 0.1) is 5.92 Å². The molecule has 0 unspecified atom stereocenters. The van der Waals surface area contributed by atoms with Crippen LogP contribution >= 0.6 is 0 Å². The van der Waals surface area contributed by atoms with Gasteiger partial charge in [-0.05, 0) is 67.8 Å². The Balaban J connectivity index is 1.41. The molecule has 2 heterocycles. The van der Waals surface area contributed by atoms with E-state index >= 15 is 0 Å². The number of carbonyl (C=O) groups is 1. The van der Waals surface area contributed by atoms with Gasteiger partial charge in [0.1, 0.15) is 30.5 Å². The number of fused-ring (bicyclic) bond motifs is 1. The molecule has 1 fully saturated rings. The molecule has 1 N–H and O–H groups in total. The molecule has 2 aromatic rings. The molecule has 39 heavy (non-hydrogen) atoms. The van der Waals surface area contributed by atoms with Crippen LogP contribution < -0.4 is 14.2 Å². The molecule has 212 valence electrons. The van der Waals surface area contributed by atoms with Gasteiger partial charge < -0.3 is 19.3 Å². The van der Waals surface area contributed by atoms with E-state index in [9.17, 15) is 36.2 Å². The van der Waals surface area contributed by atoms with Gasteiger partial charge in [-0.3, -0.25) is 9.69 Å². The van der Waals surface area contributed by atoms with Crippen molar-refractivity contribution < 1.29 is 50.5 Å². The van der Waals surface area contributed by atoms with Gasteiger partial charge in [0.25, 0.3) is 0 Å². The van der Waals surface area contributed by atoms with Gasteiger partial charge in [-0.25, -0.2) is 0 Å². The van der Waals surface area contributed by atoms with Crippen molar-refractivity contribution in [2.45, 2.75) is 44.8 Å². The third-order valence-corrected chi connectivity index (χ3v) is 6.56. The molecule has 0 aromatic heterocycles. The van der Waals surface area contributed by atoms with E-state index in [-0.39, 0.29) is 18.1 Å². The van der Waals surface area contributed by atoms with Crippen LogP contribution in [0.15, 0.2) is 42.0 Å². The van der Waals surface area contributed by atoms with Crippen molar-refractivity contribution in [1.29, 1.82) is 0 Å². The second-order valence-corrected chi connectivity index (χ2v) is 9.62. The Morgan fingerprint density at radius 3 is 2.62 bits per heavy atom. The summed E-state index contributed by atoms with van der Waals surface area (Å²) in [6.45, 7) is 2.55. The van der Waals surface area contributed by atoms with Crippen LogP contribution in [-0.2, 0) is 17.6 Å². The predicted molar refractivity (Wildman–Crippen MR) is 129 cm³/mol. The molecule has 12 heteroatoms. The molecule has 0 amide bonds. The lowest BCUT2D eigenvalue weighted by Crippen LogP contribution is -2.40. The number of carboxylic acids is 1. The summed E-state index contributed by atoms with van der Waals surface area (Å²) < 4.78 is 94.9. The van der Waals surface area contributed by atoms with Gasteiger partial charge in [0, 0.05) is 24.7 Å². The highest BCUT2D eigenvalue weighted by Gasteiger charge is 2.41. The number of halogens is 6. The van der Waals surface area contributed by atoms with Crippen molar-refractivity contribution in [3.8, 4) is 17.2 Å². The summed E-state index contributed by atoms with van der Waals surface area (Å²) in [4.78, 5) is 13.4. The third-order valence-electron chi connectivity index (χ3n) is 6.56. The van der Waals surface area contributed by atoms with Crippen molar-refractivity contribution in [2.24, 2.45) is 5.92 Å². The van der Waals surface area contributed by atoms with E-state index in [0.29, 0.717) is 50.6 Å². The number of ether oxygens (including phenoxy) is 3. The average Bonchev–Trinajstić information content (AvgIpc) is 2.87. The van der Waals surface area contributed by atoms with Gasteiger partial charge in [0.05, 0.1) is 11.5 Å². The zero-order chi connectivity index (χ0) is 28.4. The maximum atomic E-state index is 13.5. The van der Waals surface area contributed by atoms with Crippen molar-refractivity contribution in [2.75, 3.05) is 26.2 Å². The Kier molecular flexibility index (Phi) is 8.34. The Labute approximate surface area is 220 Å². The first-order valence-corrected chi connectivity index (χ1v) is 12.3. The molecule has 2 aromatic carbocycles. The third kappa shape index (κ3) is 7.37. The number of rotatable bonds is 8. The summed E-state index contributed by atoms with van der Waals surface area (Å²) in [7, 11) is 0. The van der Waals surface area contributed by atoms with E-state index in [1.54, 1.807) is 18.2 Å². The van der Waals surface area contributed by atoms with Crippen LogP contribution in [0.2, 0.25) is 0 Å². The molecule has 0 spiro atoms. The summed E-state index contributed by atoms with van der Waals surface area (Å²) in [6, 6.07) is 7.77. The molecule has 2 atom stereocenters. The van der Waals surface area contributed by atoms with Crippen LogP contribution in [0.3, 0.4) is 0 Å². The molecule has 0 saturated carbocycles. The van der Waals surface area contributed by atoms with Crippen LogP contribution in [0.25, 0.3) is 6.08 Å². The number of piperidine rings is 1. The Morgan fingerprint density at radius 2 is 1.92 bits per heavy atom. The van der Waals surface area contributed by atoms with E-state index in [1.807, 2.05) is 6.08 Å². The van der Waals surface area contributed by atoms with Crippen molar-refractivity contribution >= 4 is 12.0 Å². The zero-order valence-corrected chi connectivity index (χ0v) is 20.9. The minimum Gasteiger partial charge on any atom is -0.489 e. The molecule has 1 saturated heterocycles. The van der Waals surface area contributed by atoms with Crippen LogP contribution in [-0.4, -0.2) is 54.5 Å². The second kappa shape index (κ2) is 11.4. The lowest BCUT2D eigenvalue weighted by Gasteiger charge is -2.32. The van der Waals surface area contributed by atoms with Gasteiger partial charge in [-0.2, -0.15) is 26.3 Å². The Hall–Kier alpha value is -3.41. The zero-order valence-electron chi connectivity index (χ0n) is 20.9. The van der Waals surface area contributed by atoms with Crippen molar-refractivity contribution in [3.63, 3.8) is 0 Å². The molecule has 6 nitrogen and oxygen atoms in total. The molecule has 2 aliphatic rings. The van der Waals surface area contributed by atoms with Gasteiger partial charge in [0.2, 0.25) is 0 Å². The van der Waals surface area contributed by atoms with Crippen molar-refractivity contribution in [1.82, 2.24) is 4.90 Å². The highest BCUT2D eigenvalue weighted by Crippen LogP contribution is 2.39. The first-order valence-electron chi connectivity index (χ1n) is 12.3. The predicted octanol–water partition coefficient (Wildman–Crippen LogP) is 6.19. The molecule has 0 aliphatic carbocycles. The summed E-state index contributed by atoms with van der Waals surface area (Å²) >= 11 is 0. The number of benzene rings is 2. The normalized spacial score (nSPS) is 18.9. The SMILES string of the molecule is C[C@H](Oc1ccc(COc2ccc3c(c2)OCC(CN2CCC[C@@H](C(=O)O)C2)=C3)cc1C(F)(F)F)C(F)(F)F. The Bertz CT molecular complexity index is 1230. The van der Waals surface area contributed by atoms with Gasteiger partial charge in [-0.15, -0.1) is 0 Å². The van der Waals surface area contributed by atoms with E-state index in [0.717, 1.165) is 30.2 Å². The number of carboxylic acid groups (broad SMARTS) is 1. The van der Waals surface area contributed by atoms with E-state index in [2.05, 4.69) is 9.64 Å². The number of alkyl halides is 6. The number of hydrogen-bond donors (Lipinski definition) is 1. The minimum absolute atomic E-state index is 0.0938. The topological polar surface area (TPSA) is 68.2 Å². The fraction of sp³-hybridized carbons (Fsp3) is 0.444. The maximum absolute atomic E-state index is 13.5. The summed E-state index contributed by atoms with van der Waals surface area (Å²) in [5.74, 6) is -1.22. The second-order valence-electron chi connectivity index (χ2n) is 9.62. The quantitative estimate of drug-likeness (QED) is 0.390.